The maximum atomic E-state index is 12.3. The fraction of sp³-hybridized carbons (Fsp3) is 0.500. The molecule has 1 aliphatic heterocycles. The number of amides is 1. The Morgan fingerprint density at radius 3 is 2.70 bits per heavy atom. The summed E-state index contributed by atoms with van der Waals surface area (Å²) in [7, 11) is 0. The molecular formula is C14H17N3O3. The minimum absolute atomic E-state index is 0.0742. The zero-order valence-corrected chi connectivity index (χ0v) is 11.3. The second-order valence-electron chi connectivity index (χ2n) is 5.50. The van der Waals surface area contributed by atoms with Gasteiger partial charge in [0.15, 0.2) is 0 Å². The summed E-state index contributed by atoms with van der Waals surface area (Å²) in [6, 6.07) is 5.25. The normalized spacial score (nSPS) is 22.4. The first-order chi connectivity index (χ1) is 9.56. The highest BCUT2D eigenvalue weighted by Gasteiger charge is 2.36. The molecule has 1 unspecified atom stereocenters. The van der Waals surface area contributed by atoms with E-state index in [1.807, 2.05) is 0 Å². The average molecular weight is 275 g/mol. The smallest absolute Gasteiger partial charge is 0.272 e. The van der Waals surface area contributed by atoms with Crippen LogP contribution in [0.3, 0.4) is 0 Å². The molecule has 1 saturated carbocycles. The van der Waals surface area contributed by atoms with Gasteiger partial charge in [0.05, 0.1) is 11.0 Å². The van der Waals surface area contributed by atoms with Crippen molar-refractivity contribution < 1.29 is 9.72 Å². The molecule has 1 heterocycles. The van der Waals surface area contributed by atoms with Crippen molar-refractivity contribution in [2.45, 2.75) is 38.3 Å². The second-order valence-corrected chi connectivity index (χ2v) is 5.50. The zero-order chi connectivity index (χ0) is 14.3. The molecule has 106 valence electrons. The third-order valence-corrected chi connectivity index (χ3v) is 3.91. The molecule has 1 aromatic carbocycles. The highest BCUT2D eigenvalue weighted by atomic mass is 16.6. The van der Waals surface area contributed by atoms with Gasteiger partial charge in [-0.1, -0.05) is 0 Å². The number of hydrogen-bond acceptors (Lipinski definition) is 4. The van der Waals surface area contributed by atoms with E-state index in [9.17, 15) is 14.9 Å². The molecule has 1 saturated heterocycles. The Kier molecular flexibility index (Phi) is 3.17. The number of rotatable bonds is 4. The number of nitrogens with one attached hydrogen (secondary N) is 1. The van der Waals surface area contributed by atoms with E-state index in [4.69, 9.17) is 0 Å². The van der Waals surface area contributed by atoms with Gasteiger partial charge in [0, 0.05) is 29.9 Å². The van der Waals surface area contributed by atoms with Crippen LogP contribution in [0.15, 0.2) is 18.2 Å². The first kappa shape index (κ1) is 13.1. The summed E-state index contributed by atoms with van der Waals surface area (Å²) in [5.74, 6) is 0.0742. The van der Waals surface area contributed by atoms with E-state index < -0.39 is 4.92 Å². The molecule has 1 aliphatic carbocycles. The van der Waals surface area contributed by atoms with E-state index in [0.29, 0.717) is 18.2 Å². The molecule has 6 heteroatoms. The van der Waals surface area contributed by atoms with Gasteiger partial charge < -0.3 is 10.2 Å². The van der Waals surface area contributed by atoms with Gasteiger partial charge in [-0.25, -0.2) is 0 Å². The molecule has 0 aromatic heterocycles. The highest BCUT2D eigenvalue weighted by Crippen LogP contribution is 2.28. The Morgan fingerprint density at radius 1 is 1.35 bits per heavy atom. The lowest BCUT2D eigenvalue weighted by Crippen LogP contribution is -2.39. The second kappa shape index (κ2) is 4.86. The van der Waals surface area contributed by atoms with Crippen molar-refractivity contribution in [3.8, 4) is 0 Å². The molecular weight excluding hydrogens is 258 g/mol. The summed E-state index contributed by atoms with van der Waals surface area (Å²) < 4.78 is 0. The Morgan fingerprint density at radius 2 is 2.10 bits per heavy atom. The largest absolute Gasteiger partial charge is 0.311 e. The quantitative estimate of drug-likeness (QED) is 0.671. The topological polar surface area (TPSA) is 75.5 Å². The van der Waals surface area contributed by atoms with Crippen LogP contribution in [0.2, 0.25) is 0 Å². The van der Waals surface area contributed by atoms with Crippen molar-refractivity contribution in [1.29, 1.82) is 0 Å². The maximum absolute atomic E-state index is 12.3. The minimum Gasteiger partial charge on any atom is -0.311 e. The van der Waals surface area contributed by atoms with Gasteiger partial charge in [-0.05, 0) is 38.3 Å². The molecule has 6 nitrogen and oxygen atoms in total. The first-order valence-electron chi connectivity index (χ1n) is 6.89. The van der Waals surface area contributed by atoms with Crippen molar-refractivity contribution in [3.63, 3.8) is 0 Å². The fourth-order valence-electron chi connectivity index (χ4n) is 2.64. The third kappa shape index (κ3) is 2.38. The third-order valence-electron chi connectivity index (χ3n) is 3.91. The molecule has 1 amide bonds. The zero-order valence-electron chi connectivity index (χ0n) is 11.3. The SMILES string of the molecule is Cc1cc(N2CCC(NC3CC3)C2=O)ccc1[N+](=O)[O-]. The van der Waals surface area contributed by atoms with E-state index in [1.54, 1.807) is 24.0 Å². The monoisotopic (exact) mass is 275 g/mol. The van der Waals surface area contributed by atoms with Gasteiger partial charge in [-0.2, -0.15) is 0 Å². The molecule has 2 fully saturated rings. The van der Waals surface area contributed by atoms with E-state index in [2.05, 4.69) is 5.32 Å². The van der Waals surface area contributed by atoms with E-state index in [-0.39, 0.29) is 17.6 Å². The predicted molar refractivity (Wildman–Crippen MR) is 74.7 cm³/mol. The van der Waals surface area contributed by atoms with Crippen molar-refractivity contribution in [3.05, 3.63) is 33.9 Å². The van der Waals surface area contributed by atoms with Gasteiger partial charge in [0.1, 0.15) is 0 Å². The number of nitrogens with zero attached hydrogens (tertiary/aromatic N) is 2. The Balaban J connectivity index is 1.77. The van der Waals surface area contributed by atoms with Crippen molar-refractivity contribution in [2.24, 2.45) is 0 Å². The minimum atomic E-state index is -0.400. The van der Waals surface area contributed by atoms with Gasteiger partial charge in [-0.15, -0.1) is 0 Å². The molecule has 0 bridgehead atoms. The van der Waals surface area contributed by atoms with Crippen LogP contribution in [0, 0.1) is 17.0 Å². The van der Waals surface area contributed by atoms with Crippen molar-refractivity contribution in [1.82, 2.24) is 5.32 Å². The molecule has 1 N–H and O–H groups in total. The lowest BCUT2D eigenvalue weighted by molar-refractivity contribution is -0.385. The highest BCUT2D eigenvalue weighted by molar-refractivity contribution is 5.99. The fourth-order valence-corrected chi connectivity index (χ4v) is 2.64. The van der Waals surface area contributed by atoms with Gasteiger partial charge >= 0.3 is 0 Å². The number of aryl methyl sites for hydroxylation is 1. The average Bonchev–Trinajstić information content (AvgIpc) is 3.14. The number of nitro groups is 1. The number of benzene rings is 1. The van der Waals surface area contributed by atoms with Crippen LogP contribution in [0.25, 0.3) is 0 Å². The summed E-state index contributed by atoms with van der Waals surface area (Å²) in [6.45, 7) is 2.36. The van der Waals surface area contributed by atoms with Crippen LogP contribution in [-0.2, 0) is 4.79 Å². The Bertz CT molecular complexity index is 569. The lowest BCUT2D eigenvalue weighted by Gasteiger charge is -2.17. The summed E-state index contributed by atoms with van der Waals surface area (Å²) in [5, 5.41) is 14.2. The summed E-state index contributed by atoms with van der Waals surface area (Å²) in [6.07, 6.45) is 3.10. The van der Waals surface area contributed by atoms with Crippen LogP contribution in [-0.4, -0.2) is 29.5 Å². The molecule has 0 radical (unpaired) electrons. The van der Waals surface area contributed by atoms with Gasteiger partial charge in [0.25, 0.3) is 5.69 Å². The van der Waals surface area contributed by atoms with Gasteiger partial charge in [0.2, 0.25) is 5.91 Å². The Hall–Kier alpha value is -1.95. The van der Waals surface area contributed by atoms with Crippen molar-refractivity contribution >= 4 is 17.3 Å². The van der Waals surface area contributed by atoms with Crippen LogP contribution in [0.4, 0.5) is 11.4 Å². The number of hydrogen-bond donors (Lipinski definition) is 1. The number of anilines is 1. The van der Waals surface area contributed by atoms with Crippen LogP contribution < -0.4 is 10.2 Å². The van der Waals surface area contributed by atoms with Crippen LogP contribution >= 0.6 is 0 Å². The summed E-state index contributed by atoms with van der Waals surface area (Å²) in [4.78, 5) is 24.5. The number of carbonyl (C=O) groups excluding carboxylic acids is 1. The maximum Gasteiger partial charge on any atom is 0.272 e. The molecule has 3 rings (SSSR count). The molecule has 2 aliphatic rings. The summed E-state index contributed by atoms with van der Waals surface area (Å²) in [5.41, 5.74) is 1.42. The van der Waals surface area contributed by atoms with E-state index in [0.717, 1.165) is 24.9 Å². The van der Waals surface area contributed by atoms with Crippen LogP contribution in [0.5, 0.6) is 0 Å². The standard InChI is InChI=1S/C14H17N3O3/c1-9-8-11(4-5-13(9)17(19)20)16-7-6-12(14(16)18)15-10-2-3-10/h4-5,8,10,12,15H,2-3,6-7H2,1H3. The van der Waals surface area contributed by atoms with Gasteiger partial charge in [-0.3, -0.25) is 14.9 Å². The number of carbonyl (C=O) groups is 1. The van der Waals surface area contributed by atoms with E-state index >= 15 is 0 Å². The molecule has 20 heavy (non-hydrogen) atoms. The predicted octanol–water partition coefficient (Wildman–Crippen LogP) is 1.76. The molecule has 1 aromatic rings. The lowest BCUT2D eigenvalue weighted by atomic mass is 10.1. The Labute approximate surface area is 116 Å². The van der Waals surface area contributed by atoms with Crippen LogP contribution in [0.1, 0.15) is 24.8 Å². The molecule has 1 atom stereocenters. The van der Waals surface area contributed by atoms with Crippen molar-refractivity contribution in [2.75, 3.05) is 11.4 Å². The summed E-state index contributed by atoms with van der Waals surface area (Å²) >= 11 is 0. The van der Waals surface area contributed by atoms with E-state index in [1.165, 1.54) is 6.07 Å². The first-order valence-corrected chi connectivity index (χ1v) is 6.89. The number of nitro benzene ring substituents is 1. The molecule has 0 spiro atoms.